The van der Waals surface area contributed by atoms with E-state index in [1.807, 2.05) is 6.92 Å². The maximum absolute atomic E-state index is 11.7. The molecule has 0 rings (SSSR count). The third-order valence-corrected chi connectivity index (χ3v) is 3.36. The van der Waals surface area contributed by atoms with Gasteiger partial charge in [-0.25, -0.2) is 0 Å². The molecule has 19 heavy (non-hydrogen) atoms. The number of nitrogens with one attached hydrogen (secondary N) is 2. The molecule has 1 unspecified atom stereocenters. The minimum Gasteiger partial charge on any atom is -0.465 e. The summed E-state index contributed by atoms with van der Waals surface area (Å²) < 4.78 is 5.03. The zero-order valence-corrected chi connectivity index (χ0v) is 13.0. The average molecular weight is 290 g/mol. The zero-order valence-electron chi connectivity index (χ0n) is 12.2. The highest BCUT2D eigenvalue weighted by atomic mass is 32.2. The number of hydrogen-bond donors (Lipinski definition) is 2. The van der Waals surface area contributed by atoms with Crippen LogP contribution in [0.1, 0.15) is 33.6 Å². The van der Waals surface area contributed by atoms with Gasteiger partial charge in [-0.15, -0.1) is 0 Å². The van der Waals surface area contributed by atoms with Gasteiger partial charge in [-0.2, -0.15) is 11.8 Å². The molecule has 0 fully saturated rings. The van der Waals surface area contributed by atoms with Crippen molar-refractivity contribution < 1.29 is 14.3 Å². The number of rotatable bonds is 11. The number of esters is 1. The number of thioether (sulfide) groups is 1. The van der Waals surface area contributed by atoms with Gasteiger partial charge < -0.3 is 15.4 Å². The molecule has 112 valence electrons. The maximum Gasteiger partial charge on any atom is 0.323 e. The van der Waals surface area contributed by atoms with Crippen molar-refractivity contribution in [3.63, 3.8) is 0 Å². The first-order chi connectivity index (χ1) is 9.15. The van der Waals surface area contributed by atoms with Gasteiger partial charge in [-0.1, -0.05) is 6.92 Å². The van der Waals surface area contributed by atoms with Gasteiger partial charge in [0, 0.05) is 6.54 Å². The summed E-state index contributed by atoms with van der Waals surface area (Å²) in [6.07, 6.45) is 1.66. The lowest BCUT2D eigenvalue weighted by Crippen LogP contribution is -2.39. The molecular weight excluding hydrogens is 264 g/mol. The Morgan fingerprint density at radius 3 is 2.58 bits per heavy atom. The van der Waals surface area contributed by atoms with Gasteiger partial charge in [-0.05, 0) is 39.0 Å². The zero-order chi connectivity index (χ0) is 14.5. The summed E-state index contributed by atoms with van der Waals surface area (Å²) in [5, 5.41) is 5.92. The van der Waals surface area contributed by atoms with E-state index in [1.165, 1.54) is 11.8 Å². The Morgan fingerprint density at radius 2 is 2.00 bits per heavy atom. The molecule has 0 aliphatic heterocycles. The van der Waals surface area contributed by atoms with Crippen LogP contribution < -0.4 is 10.6 Å². The fraction of sp³-hybridized carbons (Fsp3) is 0.846. The Hall–Kier alpha value is -0.750. The summed E-state index contributed by atoms with van der Waals surface area (Å²) in [6, 6.07) is -0.262. The second-order valence-electron chi connectivity index (χ2n) is 4.05. The van der Waals surface area contributed by atoms with Crippen LogP contribution in [0.4, 0.5) is 0 Å². The van der Waals surface area contributed by atoms with Gasteiger partial charge in [0.15, 0.2) is 0 Å². The van der Waals surface area contributed by atoms with Gasteiger partial charge in [0.2, 0.25) is 5.91 Å². The molecule has 1 amide bonds. The van der Waals surface area contributed by atoms with E-state index in [2.05, 4.69) is 17.6 Å². The van der Waals surface area contributed by atoms with Gasteiger partial charge in [0.25, 0.3) is 0 Å². The summed E-state index contributed by atoms with van der Waals surface area (Å²) in [7, 11) is 0. The van der Waals surface area contributed by atoms with Crippen molar-refractivity contribution in [3.05, 3.63) is 0 Å². The minimum atomic E-state index is -0.262. The summed E-state index contributed by atoms with van der Waals surface area (Å²) >= 11 is 1.54. The summed E-state index contributed by atoms with van der Waals surface area (Å²) in [5.74, 6) is 1.05. The molecule has 0 aliphatic rings. The van der Waals surface area contributed by atoms with Crippen LogP contribution in [0.2, 0.25) is 0 Å². The highest BCUT2D eigenvalue weighted by Gasteiger charge is 2.18. The highest BCUT2D eigenvalue weighted by Crippen LogP contribution is 2.06. The first kappa shape index (κ1) is 18.2. The Bertz CT molecular complexity index is 262. The first-order valence-corrected chi connectivity index (χ1v) is 8.05. The van der Waals surface area contributed by atoms with Crippen LogP contribution >= 0.6 is 11.8 Å². The number of hydrogen-bond acceptors (Lipinski definition) is 5. The summed E-state index contributed by atoms with van der Waals surface area (Å²) in [4.78, 5) is 23.0. The average Bonchev–Trinajstić information content (AvgIpc) is 2.38. The smallest absolute Gasteiger partial charge is 0.323 e. The van der Waals surface area contributed by atoms with E-state index >= 15 is 0 Å². The van der Waals surface area contributed by atoms with Crippen molar-refractivity contribution in [2.75, 3.05) is 31.2 Å². The predicted molar refractivity (Wildman–Crippen MR) is 79.3 cm³/mol. The first-order valence-electron chi connectivity index (χ1n) is 6.90. The standard InChI is InChI=1S/C13H26N2O3S/c1-4-8-15-11(13(17)18-6-3)7-9-19-10-12(16)14-5-2/h11,15H,4-10H2,1-3H3,(H,14,16). The lowest BCUT2D eigenvalue weighted by molar-refractivity contribution is -0.145. The third-order valence-electron chi connectivity index (χ3n) is 2.37. The van der Waals surface area contributed by atoms with Crippen LogP contribution in [0.3, 0.4) is 0 Å². The molecule has 0 heterocycles. The largest absolute Gasteiger partial charge is 0.465 e. The van der Waals surface area contributed by atoms with E-state index < -0.39 is 0 Å². The van der Waals surface area contributed by atoms with Crippen LogP contribution in [0.15, 0.2) is 0 Å². The molecule has 2 N–H and O–H groups in total. The fourth-order valence-electron chi connectivity index (χ4n) is 1.48. The number of carbonyl (C=O) groups is 2. The van der Waals surface area contributed by atoms with E-state index in [1.54, 1.807) is 6.92 Å². The van der Waals surface area contributed by atoms with E-state index in [0.717, 1.165) is 18.7 Å². The normalized spacial score (nSPS) is 11.9. The molecule has 0 saturated heterocycles. The molecule has 0 aromatic rings. The van der Waals surface area contributed by atoms with Gasteiger partial charge in [0.05, 0.1) is 12.4 Å². The van der Waals surface area contributed by atoms with Gasteiger partial charge in [-0.3, -0.25) is 9.59 Å². The van der Waals surface area contributed by atoms with Crippen LogP contribution in [0, 0.1) is 0 Å². The predicted octanol–water partition coefficient (Wildman–Crippen LogP) is 1.18. The molecule has 0 bridgehead atoms. The van der Waals surface area contributed by atoms with E-state index in [0.29, 0.717) is 25.3 Å². The van der Waals surface area contributed by atoms with Crippen LogP contribution in [0.25, 0.3) is 0 Å². The highest BCUT2D eigenvalue weighted by molar-refractivity contribution is 7.99. The second-order valence-corrected chi connectivity index (χ2v) is 5.16. The topological polar surface area (TPSA) is 67.4 Å². The van der Waals surface area contributed by atoms with Crippen molar-refractivity contribution in [2.24, 2.45) is 0 Å². The fourth-order valence-corrected chi connectivity index (χ4v) is 2.31. The Balaban J connectivity index is 3.91. The van der Waals surface area contributed by atoms with Gasteiger partial charge >= 0.3 is 5.97 Å². The molecule has 0 aromatic carbocycles. The molecule has 0 radical (unpaired) electrons. The van der Waals surface area contributed by atoms with Crippen LogP contribution in [-0.2, 0) is 14.3 Å². The molecule has 0 spiro atoms. The SMILES string of the molecule is CCCNC(CCSCC(=O)NCC)C(=O)OCC. The van der Waals surface area contributed by atoms with Crippen molar-refractivity contribution in [1.29, 1.82) is 0 Å². The van der Waals surface area contributed by atoms with Crippen LogP contribution in [0.5, 0.6) is 0 Å². The Kier molecular flexibility index (Phi) is 11.8. The molecule has 0 aromatic heterocycles. The molecule has 1 atom stereocenters. The maximum atomic E-state index is 11.7. The number of amides is 1. The van der Waals surface area contributed by atoms with Crippen molar-refractivity contribution in [3.8, 4) is 0 Å². The van der Waals surface area contributed by atoms with E-state index in [4.69, 9.17) is 4.74 Å². The number of carbonyl (C=O) groups excluding carboxylic acids is 2. The second kappa shape index (κ2) is 12.3. The number of ether oxygens (including phenoxy) is 1. The Labute approximate surface area is 120 Å². The molecule has 0 saturated carbocycles. The lowest BCUT2D eigenvalue weighted by atomic mass is 10.2. The third kappa shape index (κ3) is 9.78. The molecule has 6 heteroatoms. The molecule has 0 aliphatic carbocycles. The van der Waals surface area contributed by atoms with Crippen molar-refractivity contribution in [2.45, 2.75) is 39.7 Å². The van der Waals surface area contributed by atoms with Gasteiger partial charge in [0.1, 0.15) is 6.04 Å². The van der Waals surface area contributed by atoms with E-state index in [9.17, 15) is 9.59 Å². The monoisotopic (exact) mass is 290 g/mol. The van der Waals surface area contributed by atoms with Crippen molar-refractivity contribution >= 4 is 23.6 Å². The summed E-state index contributed by atoms with van der Waals surface area (Å²) in [5.41, 5.74) is 0. The lowest BCUT2D eigenvalue weighted by Gasteiger charge is -2.16. The Morgan fingerprint density at radius 1 is 1.26 bits per heavy atom. The van der Waals surface area contributed by atoms with E-state index in [-0.39, 0.29) is 17.9 Å². The van der Waals surface area contributed by atoms with Crippen molar-refractivity contribution in [1.82, 2.24) is 10.6 Å². The quantitative estimate of drug-likeness (QED) is 0.442. The molecular formula is C13H26N2O3S. The minimum absolute atomic E-state index is 0.0432. The van der Waals surface area contributed by atoms with Crippen LogP contribution in [-0.4, -0.2) is 49.1 Å². The molecule has 5 nitrogen and oxygen atoms in total. The summed E-state index contributed by atoms with van der Waals surface area (Å²) in [6.45, 7) is 7.61.